The molecular formula is C12H11N5O. The van der Waals surface area contributed by atoms with Crippen molar-refractivity contribution in [2.24, 2.45) is 7.05 Å². The molecule has 2 N–H and O–H groups in total. The molecule has 3 aromatic rings. The molecule has 0 fully saturated rings. The van der Waals surface area contributed by atoms with Crippen LogP contribution in [0.1, 0.15) is 0 Å². The van der Waals surface area contributed by atoms with Crippen LogP contribution in [0.5, 0.6) is 11.8 Å². The zero-order chi connectivity index (χ0) is 12.5. The van der Waals surface area contributed by atoms with E-state index in [1.165, 1.54) is 0 Å². The van der Waals surface area contributed by atoms with Gasteiger partial charge in [-0.25, -0.2) is 0 Å². The maximum atomic E-state index is 5.87. The molecule has 0 saturated heterocycles. The summed E-state index contributed by atoms with van der Waals surface area (Å²) in [6.07, 6.45) is 3.27. The smallest absolute Gasteiger partial charge is 0.341 e. The molecule has 0 atom stereocenters. The van der Waals surface area contributed by atoms with Crippen LogP contribution in [0.3, 0.4) is 0 Å². The number of aromatic nitrogens is 4. The predicted octanol–water partition coefficient (Wildman–Crippen LogP) is 1.74. The van der Waals surface area contributed by atoms with E-state index in [0.29, 0.717) is 23.0 Å². The Balaban J connectivity index is 2.09. The van der Waals surface area contributed by atoms with Crippen LogP contribution in [0.2, 0.25) is 0 Å². The molecule has 0 radical (unpaired) electrons. The summed E-state index contributed by atoms with van der Waals surface area (Å²) in [5.74, 6) is 0.638. The normalized spacial score (nSPS) is 10.7. The zero-order valence-corrected chi connectivity index (χ0v) is 9.74. The van der Waals surface area contributed by atoms with Crippen LogP contribution in [0.15, 0.2) is 36.8 Å². The summed E-state index contributed by atoms with van der Waals surface area (Å²) in [5, 5.41) is 4.90. The Kier molecular flexibility index (Phi) is 2.33. The molecule has 2 aromatic heterocycles. The first-order valence-corrected chi connectivity index (χ1v) is 5.41. The SMILES string of the molecule is Cn1cnc(Oc2ccc(N)c3ncccc23)n1. The largest absolute Gasteiger partial charge is 0.423 e. The summed E-state index contributed by atoms with van der Waals surface area (Å²) in [4.78, 5) is 8.26. The van der Waals surface area contributed by atoms with E-state index in [9.17, 15) is 0 Å². The first-order valence-electron chi connectivity index (χ1n) is 5.41. The number of anilines is 1. The number of nitrogens with zero attached hydrogens (tertiary/aromatic N) is 4. The average molecular weight is 241 g/mol. The molecule has 0 amide bonds. The number of hydrogen-bond donors (Lipinski definition) is 1. The van der Waals surface area contributed by atoms with Crippen molar-refractivity contribution >= 4 is 16.6 Å². The Hall–Kier alpha value is -2.63. The first kappa shape index (κ1) is 10.5. The highest BCUT2D eigenvalue weighted by molar-refractivity contribution is 5.93. The summed E-state index contributed by atoms with van der Waals surface area (Å²) in [7, 11) is 1.78. The molecule has 0 bridgehead atoms. The van der Waals surface area contributed by atoms with Crippen molar-refractivity contribution in [1.29, 1.82) is 0 Å². The lowest BCUT2D eigenvalue weighted by Gasteiger charge is -2.06. The quantitative estimate of drug-likeness (QED) is 0.691. The van der Waals surface area contributed by atoms with Crippen LogP contribution in [-0.4, -0.2) is 19.7 Å². The van der Waals surface area contributed by atoms with Crippen molar-refractivity contribution in [2.75, 3.05) is 5.73 Å². The maximum absolute atomic E-state index is 5.87. The zero-order valence-electron chi connectivity index (χ0n) is 9.74. The van der Waals surface area contributed by atoms with Gasteiger partial charge in [-0.2, -0.15) is 4.98 Å². The van der Waals surface area contributed by atoms with E-state index < -0.39 is 0 Å². The Morgan fingerprint density at radius 1 is 1.22 bits per heavy atom. The highest BCUT2D eigenvalue weighted by Crippen LogP contribution is 2.30. The van der Waals surface area contributed by atoms with E-state index in [1.807, 2.05) is 12.1 Å². The summed E-state index contributed by atoms with van der Waals surface area (Å²) < 4.78 is 7.21. The molecule has 6 heteroatoms. The molecule has 0 unspecified atom stereocenters. The minimum absolute atomic E-state index is 0.299. The minimum atomic E-state index is 0.299. The van der Waals surface area contributed by atoms with Crippen molar-refractivity contribution in [3.8, 4) is 11.8 Å². The minimum Gasteiger partial charge on any atom is -0.423 e. The molecule has 0 aliphatic heterocycles. The summed E-state index contributed by atoms with van der Waals surface area (Å²) in [6, 6.07) is 7.58. The molecule has 0 saturated carbocycles. The number of nitrogens with two attached hydrogens (primary N) is 1. The number of nitrogen functional groups attached to an aromatic ring is 1. The van der Waals surface area contributed by atoms with Gasteiger partial charge in [-0.3, -0.25) is 9.67 Å². The fourth-order valence-electron chi connectivity index (χ4n) is 1.72. The first-order chi connectivity index (χ1) is 8.74. The summed E-state index contributed by atoms with van der Waals surface area (Å²) in [5.41, 5.74) is 7.20. The molecular weight excluding hydrogens is 230 g/mol. The number of benzene rings is 1. The Bertz CT molecular complexity index is 707. The second kappa shape index (κ2) is 3.99. The Morgan fingerprint density at radius 3 is 2.89 bits per heavy atom. The molecule has 0 aliphatic rings. The highest BCUT2D eigenvalue weighted by Gasteiger charge is 2.08. The molecule has 3 rings (SSSR count). The van der Waals surface area contributed by atoms with E-state index in [4.69, 9.17) is 10.5 Å². The van der Waals surface area contributed by atoms with Gasteiger partial charge < -0.3 is 10.5 Å². The van der Waals surface area contributed by atoms with E-state index in [-0.39, 0.29) is 0 Å². The number of hydrogen-bond acceptors (Lipinski definition) is 5. The Labute approximate surface area is 103 Å². The molecule has 6 nitrogen and oxygen atoms in total. The third-order valence-electron chi connectivity index (χ3n) is 2.54. The fourth-order valence-corrected chi connectivity index (χ4v) is 1.72. The third-order valence-corrected chi connectivity index (χ3v) is 2.54. The van der Waals surface area contributed by atoms with E-state index >= 15 is 0 Å². The van der Waals surface area contributed by atoms with Crippen LogP contribution < -0.4 is 10.5 Å². The van der Waals surface area contributed by atoms with Crippen molar-refractivity contribution in [3.63, 3.8) is 0 Å². The average Bonchev–Trinajstić information content (AvgIpc) is 2.79. The van der Waals surface area contributed by atoms with Gasteiger partial charge in [0.25, 0.3) is 0 Å². The van der Waals surface area contributed by atoms with Crippen LogP contribution >= 0.6 is 0 Å². The van der Waals surface area contributed by atoms with Gasteiger partial charge in [-0.1, -0.05) is 0 Å². The van der Waals surface area contributed by atoms with Crippen LogP contribution in [0.4, 0.5) is 5.69 Å². The van der Waals surface area contributed by atoms with Crippen LogP contribution in [-0.2, 0) is 7.05 Å². The lowest BCUT2D eigenvalue weighted by molar-refractivity contribution is 0.443. The van der Waals surface area contributed by atoms with Gasteiger partial charge in [-0.15, -0.1) is 5.10 Å². The molecule has 0 aliphatic carbocycles. The van der Waals surface area contributed by atoms with Gasteiger partial charge in [-0.05, 0) is 24.3 Å². The van der Waals surface area contributed by atoms with Gasteiger partial charge in [0.1, 0.15) is 12.1 Å². The van der Waals surface area contributed by atoms with Crippen LogP contribution in [0.25, 0.3) is 10.9 Å². The van der Waals surface area contributed by atoms with Gasteiger partial charge >= 0.3 is 6.01 Å². The van der Waals surface area contributed by atoms with Crippen LogP contribution in [0, 0.1) is 0 Å². The maximum Gasteiger partial charge on any atom is 0.341 e. The van der Waals surface area contributed by atoms with Gasteiger partial charge in [0, 0.05) is 18.6 Å². The topological polar surface area (TPSA) is 78.9 Å². The predicted molar refractivity (Wildman–Crippen MR) is 67.2 cm³/mol. The number of aryl methyl sites for hydroxylation is 1. The third kappa shape index (κ3) is 1.73. The van der Waals surface area contributed by atoms with Gasteiger partial charge in [0.2, 0.25) is 0 Å². The second-order valence-corrected chi connectivity index (χ2v) is 3.86. The highest BCUT2D eigenvalue weighted by atomic mass is 16.5. The fraction of sp³-hybridized carbons (Fsp3) is 0.0833. The number of fused-ring (bicyclic) bond motifs is 1. The van der Waals surface area contributed by atoms with Gasteiger partial charge in [0.15, 0.2) is 0 Å². The van der Waals surface area contributed by atoms with Crippen molar-refractivity contribution < 1.29 is 4.74 Å². The Morgan fingerprint density at radius 2 is 2.11 bits per heavy atom. The van der Waals surface area contributed by atoms with Crippen molar-refractivity contribution in [1.82, 2.24) is 19.7 Å². The lowest BCUT2D eigenvalue weighted by Crippen LogP contribution is -1.94. The monoisotopic (exact) mass is 241 g/mol. The molecule has 1 aromatic carbocycles. The van der Waals surface area contributed by atoms with E-state index in [2.05, 4.69) is 15.1 Å². The number of pyridine rings is 1. The lowest BCUT2D eigenvalue weighted by atomic mass is 10.2. The molecule has 90 valence electrons. The van der Waals surface area contributed by atoms with E-state index in [1.54, 1.807) is 36.4 Å². The standard InChI is InChI=1S/C12H11N5O/c1-17-7-15-12(16-17)18-10-5-4-9(13)11-8(10)3-2-6-14-11/h2-7H,13H2,1H3. The van der Waals surface area contributed by atoms with Crippen molar-refractivity contribution in [2.45, 2.75) is 0 Å². The summed E-state index contributed by atoms with van der Waals surface area (Å²) >= 11 is 0. The van der Waals surface area contributed by atoms with Gasteiger partial charge in [0.05, 0.1) is 11.2 Å². The molecule has 2 heterocycles. The van der Waals surface area contributed by atoms with E-state index in [0.717, 1.165) is 5.39 Å². The number of rotatable bonds is 2. The second-order valence-electron chi connectivity index (χ2n) is 3.86. The molecule has 0 spiro atoms. The molecule has 18 heavy (non-hydrogen) atoms. The number of ether oxygens (including phenoxy) is 1. The summed E-state index contributed by atoms with van der Waals surface area (Å²) in [6.45, 7) is 0. The van der Waals surface area contributed by atoms with Crippen molar-refractivity contribution in [3.05, 3.63) is 36.8 Å².